The van der Waals surface area contributed by atoms with Crippen LogP contribution in [0.25, 0.3) is 22.2 Å². The molecule has 22 heavy (non-hydrogen) atoms. The maximum Gasteiger partial charge on any atom is 0.175 e. The molecule has 1 aromatic heterocycles. The third kappa shape index (κ3) is 2.74. The van der Waals surface area contributed by atoms with Crippen LogP contribution in [-0.4, -0.2) is 23.2 Å². The van der Waals surface area contributed by atoms with E-state index in [1.54, 1.807) is 7.11 Å². The Morgan fingerprint density at radius 3 is 2.59 bits per heavy atom. The number of ketones is 1. The molecule has 0 saturated heterocycles. The first-order valence-electron chi connectivity index (χ1n) is 6.86. The first kappa shape index (κ1) is 14.7. The van der Waals surface area contributed by atoms with Crippen molar-refractivity contribution in [2.24, 2.45) is 0 Å². The lowest BCUT2D eigenvalue weighted by Crippen LogP contribution is -2.04. The Bertz CT molecular complexity index is 831. The van der Waals surface area contributed by atoms with Gasteiger partial charge in [-0.25, -0.2) is 4.98 Å². The van der Waals surface area contributed by atoms with Crippen LogP contribution in [0.5, 0.6) is 5.75 Å². The van der Waals surface area contributed by atoms with E-state index in [-0.39, 0.29) is 11.1 Å². The first-order valence-corrected chi connectivity index (χ1v) is 7.98. The van der Waals surface area contributed by atoms with Crippen molar-refractivity contribution < 1.29 is 9.53 Å². The molecule has 0 aliphatic rings. The lowest BCUT2D eigenvalue weighted by molar-refractivity contribution is 0.102. The molecule has 0 spiro atoms. The third-order valence-electron chi connectivity index (χ3n) is 3.49. The summed E-state index contributed by atoms with van der Waals surface area (Å²) < 4.78 is 5.24. The summed E-state index contributed by atoms with van der Waals surface area (Å²) in [6.07, 6.45) is 0. The average Bonchev–Trinajstić information content (AvgIpc) is 2.60. The fraction of sp³-hybridized carbons (Fsp3) is 0.111. The SMILES string of the molecule is COc1ccc2nc(-c3ccccc3)c(C(=O)CBr)cc2c1. The number of pyridine rings is 1. The maximum absolute atomic E-state index is 12.3. The largest absolute Gasteiger partial charge is 0.497 e. The van der Waals surface area contributed by atoms with Crippen LogP contribution in [0.4, 0.5) is 0 Å². The average molecular weight is 356 g/mol. The zero-order valence-corrected chi connectivity index (χ0v) is 13.6. The molecule has 0 unspecified atom stereocenters. The van der Waals surface area contributed by atoms with Crippen molar-refractivity contribution in [3.8, 4) is 17.0 Å². The first-order chi connectivity index (χ1) is 10.7. The maximum atomic E-state index is 12.3. The van der Waals surface area contributed by atoms with E-state index in [1.807, 2.05) is 54.6 Å². The Morgan fingerprint density at radius 1 is 1.14 bits per heavy atom. The molecule has 110 valence electrons. The van der Waals surface area contributed by atoms with Gasteiger partial charge >= 0.3 is 0 Å². The monoisotopic (exact) mass is 355 g/mol. The summed E-state index contributed by atoms with van der Waals surface area (Å²) >= 11 is 3.25. The number of Topliss-reactive ketones (excluding diaryl/α,β-unsaturated/α-hetero) is 1. The van der Waals surface area contributed by atoms with E-state index in [1.165, 1.54) is 0 Å². The third-order valence-corrected chi connectivity index (χ3v) is 4.00. The molecule has 0 amide bonds. The highest BCUT2D eigenvalue weighted by Crippen LogP contribution is 2.28. The summed E-state index contributed by atoms with van der Waals surface area (Å²) in [5, 5.41) is 1.16. The molecular weight excluding hydrogens is 342 g/mol. The number of halogens is 1. The summed E-state index contributed by atoms with van der Waals surface area (Å²) in [4.78, 5) is 17.0. The predicted molar refractivity (Wildman–Crippen MR) is 91.9 cm³/mol. The van der Waals surface area contributed by atoms with Crippen LogP contribution in [0, 0.1) is 0 Å². The minimum Gasteiger partial charge on any atom is -0.497 e. The van der Waals surface area contributed by atoms with Crippen LogP contribution in [-0.2, 0) is 0 Å². The van der Waals surface area contributed by atoms with Gasteiger partial charge in [0.05, 0.1) is 23.7 Å². The molecule has 0 fully saturated rings. The molecule has 0 radical (unpaired) electrons. The number of nitrogens with zero attached hydrogens (tertiary/aromatic N) is 1. The molecule has 0 atom stereocenters. The lowest BCUT2D eigenvalue weighted by Gasteiger charge is -2.10. The van der Waals surface area contributed by atoms with Gasteiger partial charge in [0.1, 0.15) is 5.75 Å². The van der Waals surface area contributed by atoms with E-state index in [9.17, 15) is 4.79 Å². The van der Waals surface area contributed by atoms with Crippen molar-refractivity contribution in [1.82, 2.24) is 4.98 Å². The number of aromatic nitrogens is 1. The van der Waals surface area contributed by atoms with E-state index in [2.05, 4.69) is 15.9 Å². The van der Waals surface area contributed by atoms with E-state index in [4.69, 9.17) is 9.72 Å². The normalized spacial score (nSPS) is 10.6. The Balaban J connectivity index is 2.27. The van der Waals surface area contributed by atoms with Crippen LogP contribution in [0.15, 0.2) is 54.6 Å². The van der Waals surface area contributed by atoms with Gasteiger partial charge in [-0.3, -0.25) is 4.79 Å². The summed E-state index contributed by atoms with van der Waals surface area (Å²) in [7, 11) is 1.62. The van der Waals surface area contributed by atoms with Crippen molar-refractivity contribution in [3.05, 3.63) is 60.2 Å². The minimum absolute atomic E-state index is 0.0103. The van der Waals surface area contributed by atoms with E-state index in [0.717, 1.165) is 22.2 Å². The predicted octanol–water partition coefficient (Wildman–Crippen LogP) is 4.49. The summed E-state index contributed by atoms with van der Waals surface area (Å²) in [6, 6.07) is 17.3. The quantitative estimate of drug-likeness (QED) is 0.511. The van der Waals surface area contributed by atoms with Crippen molar-refractivity contribution in [3.63, 3.8) is 0 Å². The standard InChI is InChI=1S/C18H14BrNO2/c1-22-14-7-8-16-13(9-14)10-15(17(21)11-19)18(20-16)12-5-3-2-4-6-12/h2-10H,11H2,1H3. The van der Waals surface area contributed by atoms with Gasteiger partial charge in [0.15, 0.2) is 5.78 Å². The number of carbonyl (C=O) groups excluding carboxylic acids is 1. The Morgan fingerprint density at radius 2 is 1.91 bits per heavy atom. The number of alkyl halides is 1. The Kier molecular flexibility index (Phi) is 4.20. The van der Waals surface area contributed by atoms with Crippen LogP contribution < -0.4 is 4.74 Å². The van der Waals surface area contributed by atoms with E-state index in [0.29, 0.717) is 11.3 Å². The van der Waals surface area contributed by atoms with Crippen molar-refractivity contribution in [1.29, 1.82) is 0 Å². The lowest BCUT2D eigenvalue weighted by atomic mass is 10.0. The molecule has 3 rings (SSSR count). The molecular formula is C18H14BrNO2. The highest BCUT2D eigenvalue weighted by Gasteiger charge is 2.15. The van der Waals surface area contributed by atoms with Gasteiger partial charge in [0.25, 0.3) is 0 Å². The van der Waals surface area contributed by atoms with E-state index >= 15 is 0 Å². The number of carbonyl (C=O) groups is 1. The van der Waals surface area contributed by atoms with Crippen molar-refractivity contribution in [2.45, 2.75) is 0 Å². The smallest absolute Gasteiger partial charge is 0.175 e. The fourth-order valence-electron chi connectivity index (χ4n) is 2.38. The van der Waals surface area contributed by atoms with Crippen molar-refractivity contribution >= 4 is 32.6 Å². The zero-order valence-electron chi connectivity index (χ0n) is 12.0. The van der Waals surface area contributed by atoms with Crippen LogP contribution in [0.1, 0.15) is 10.4 Å². The van der Waals surface area contributed by atoms with Crippen LogP contribution >= 0.6 is 15.9 Å². The summed E-state index contributed by atoms with van der Waals surface area (Å²) in [6.45, 7) is 0. The molecule has 3 nitrogen and oxygen atoms in total. The molecule has 0 aliphatic heterocycles. The van der Waals surface area contributed by atoms with Gasteiger partial charge in [-0.05, 0) is 24.3 Å². The zero-order chi connectivity index (χ0) is 15.5. The molecule has 4 heteroatoms. The van der Waals surface area contributed by atoms with Crippen molar-refractivity contribution in [2.75, 3.05) is 12.4 Å². The molecule has 0 bridgehead atoms. The molecule has 2 aromatic carbocycles. The van der Waals surface area contributed by atoms with Crippen LogP contribution in [0.3, 0.4) is 0 Å². The number of ether oxygens (including phenoxy) is 1. The topological polar surface area (TPSA) is 39.2 Å². The Labute approximate surface area is 137 Å². The minimum atomic E-state index is 0.0103. The van der Waals surface area contributed by atoms with E-state index < -0.39 is 0 Å². The molecule has 0 saturated carbocycles. The molecule has 0 aliphatic carbocycles. The van der Waals surface area contributed by atoms with Gasteiger partial charge in [-0.2, -0.15) is 0 Å². The summed E-state index contributed by atoms with van der Waals surface area (Å²) in [5.41, 5.74) is 3.10. The highest BCUT2D eigenvalue weighted by atomic mass is 79.9. The summed E-state index contributed by atoms with van der Waals surface area (Å²) in [5.74, 6) is 0.759. The number of hydrogen-bond acceptors (Lipinski definition) is 3. The number of hydrogen-bond donors (Lipinski definition) is 0. The number of benzene rings is 2. The van der Waals surface area contributed by atoms with Gasteiger partial charge in [0.2, 0.25) is 0 Å². The van der Waals surface area contributed by atoms with Crippen LogP contribution in [0.2, 0.25) is 0 Å². The second-order valence-corrected chi connectivity index (χ2v) is 5.43. The number of methoxy groups -OCH3 is 1. The second kappa shape index (κ2) is 6.28. The number of rotatable bonds is 4. The van der Waals surface area contributed by atoms with Gasteiger partial charge < -0.3 is 4.74 Å². The van der Waals surface area contributed by atoms with Gasteiger partial charge in [-0.15, -0.1) is 0 Å². The molecule has 3 aromatic rings. The molecule has 1 heterocycles. The molecule has 0 N–H and O–H groups in total. The Hall–Kier alpha value is -2.20. The second-order valence-electron chi connectivity index (χ2n) is 4.87. The fourth-order valence-corrected chi connectivity index (χ4v) is 2.68. The number of fused-ring (bicyclic) bond motifs is 1. The van der Waals surface area contributed by atoms with Gasteiger partial charge in [0, 0.05) is 16.5 Å². The highest BCUT2D eigenvalue weighted by molar-refractivity contribution is 9.09. The van der Waals surface area contributed by atoms with Gasteiger partial charge in [-0.1, -0.05) is 46.3 Å².